The molecule has 0 saturated carbocycles. The summed E-state index contributed by atoms with van der Waals surface area (Å²) in [4.78, 5) is 10.1. The molecule has 0 aliphatic rings. The highest BCUT2D eigenvalue weighted by Gasteiger charge is 2.09. The van der Waals surface area contributed by atoms with Crippen molar-refractivity contribution in [2.45, 2.75) is 25.3 Å². The lowest BCUT2D eigenvalue weighted by Gasteiger charge is -2.03. The van der Waals surface area contributed by atoms with E-state index in [1.807, 2.05) is 0 Å². The van der Waals surface area contributed by atoms with Gasteiger partial charge >= 0.3 is 5.97 Å². The van der Waals surface area contributed by atoms with E-state index in [-0.39, 0.29) is 0 Å². The first kappa shape index (κ1) is 9.39. The Morgan fingerprint density at radius 2 is 2.10 bits per heavy atom. The summed E-state index contributed by atoms with van der Waals surface area (Å²) in [6.07, 6.45) is 2.16. The highest BCUT2D eigenvalue weighted by Crippen LogP contribution is 1.96. The summed E-state index contributed by atoms with van der Waals surface area (Å²) in [7, 11) is 0. The normalized spacial score (nSPS) is 13.0. The second-order valence-electron chi connectivity index (χ2n) is 2.23. The van der Waals surface area contributed by atoms with Gasteiger partial charge in [-0.15, -0.1) is 0 Å². The van der Waals surface area contributed by atoms with Crippen molar-refractivity contribution in [2.75, 3.05) is 6.54 Å². The van der Waals surface area contributed by atoms with Gasteiger partial charge in [0.05, 0.1) is 0 Å². The van der Waals surface area contributed by atoms with Gasteiger partial charge in [-0.2, -0.15) is 0 Å². The van der Waals surface area contributed by atoms with E-state index in [0.717, 1.165) is 12.8 Å². The van der Waals surface area contributed by atoms with Gasteiger partial charge in [-0.3, -0.25) is 4.79 Å². The summed E-state index contributed by atoms with van der Waals surface area (Å²) in [6, 6.07) is -0.716. The number of hydrogen-bond acceptors (Lipinski definition) is 3. The smallest absolute Gasteiger partial charge is 0.320 e. The molecule has 0 radical (unpaired) electrons. The van der Waals surface area contributed by atoms with E-state index >= 15 is 0 Å². The Balaban J connectivity index is 3.21. The van der Waals surface area contributed by atoms with Crippen LogP contribution in [0.5, 0.6) is 0 Å². The van der Waals surface area contributed by atoms with Crippen molar-refractivity contribution in [1.29, 1.82) is 0 Å². The van der Waals surface area contributed by atoms with Crippen molar-refractivity contribution >= 4 is 5.97 Å². The molecule has 0 aromatic carbocycles. The summed E-state index contributed by atoms with van der Waals surface area (Å²) in [5.74, 6) is -0.933. The zero-order valence-corrected chi connectivity index (χ0v) is 5.92. The van der Waals surface area contributed by atoms with Crippen LogP contribution >= 0.6 is 0 Å². The molecule has 0 saturated heterocycles. The summed E-state index contributed by atoms with van der Waals surface area (Å²) in [5, 5.41) is 8.33. The third-order valence-electron chi connectivity index (χ3n) is 1.29. The summed E-state index contributed by atoms with van der Waals surface area (Å²) in [6.45, 7) is 0.604. The van der Waals surface area contributed by atoms with E-state index in [2.05, 4.69) is 0 Å². The van der Waals surface area contributed by atoms with Gasteiger partial charge < -0.3 is 16.6 Å². The SMILES string of the molecule is N[C@@H](CCC[13CH2][15NH2])C(=O)O. The predicted octanol–water partition coefficient (Wildman–Crippen LogP) is -0.473. The molecule has 0 aromatic rings. The molecule has 0 unspecified atom stereocenters. The van der Waals surface area contributed by atoms with Crippen LogP contribution < -0.4 is 11.5 Å². The van der Waals surface area contributed by atoms with E-state index in [0.29, 0.717) is 13.0 Å². The van der Waals surface area contributed by atoms with Crippen LogP contribution in [0.25, 0.3) is 0 Å². The van der Waals surface area contributed by atoms with Gasteiger partial charge in [-0.05, 0) is 19.4 Å². The van der Waals surface area contributed by atoms with Gasteiger partial charge in [0.1, 0.15) is 6.04 Å². The molecule has 0 aliphatic heterocycles. The number of aliphatic carboxylic acids is 1. The number of nitrogens with two attached hydrogens (primary N) is 2. The summed E-state index contributed by atoms with van der Waals surface area (Å²) < 4.78 is 0. The van der Waals surface area contributed by atoms with E-state index in [1.165, 1.54) is 0 Å². The molecule has 10 heavy (non-hydrogen) atoms. The molecule has 1 atom stereocenters. The molecular formula is C6H14N2O2. The Morgan fingerprint density at radius 3 is 2.50 bits per heavy atom. The maximum absolute atomic E-state index is 10.1. The molecule has 0 aromatic heterocycles. The van der Waals surface area contributed by atoms with Crippen LogP contribution in [0.3, 0.4) is 0 Å². The summed E-state index contributed by atoms with van der Waals surface area (Å²) >= 11 is 0. The topological polar surface area (TPSA) is 89.3 Å². The zero-order chi connectivity index (χ0) is 7.98. The van der Waals surface area contributed by atoms with Gasteiger partial charge in [-0.25, -0.2) is 0 Å². The minimum atomic E-state index is -0.933. The first-order chi connectivity index (χ1) is 4.68. The van der Waals surface area contributed by atoms with Crippen LogP contribution in [0, 0.1) is 0 Å². The number of hydrogen-bond donors (Lipinski definition) is 3. The highest BCUT2D eigenvalue weighted by atomic mass is 16.4. The molecular weight excluding hydrogens is 134 g/mol. The number of rotatable bonds is 5. The van der Waals surface area contributed by atoms with Gasteiger partial charge in [0.25, 0.3) is 0 Å². The van der Waals surface area contributed by atoms with Crippen molar-refractivity contribution in [3.8, 4) is 0 Å². The van der Waals surface area contributed by atoms with E-state index in [4.69, 9.17) is 16.6 Å². The van der Waals surface area contributed by atoms with Crippen LogP contribution in [0.2, 0.25) is 0 Å². The minimum Gasteiger partial charge on any atom is -0.480 e. The van der Waals surface area contributed by atoms with Gasteiger partial charge in [0.15, 0.2) is 0 Å². The highest BCUT2D eigenvalue weighted by molar-refractivity contribution is 5.72. The van der Waals surface area contributed by atoms with Crippen LogP contribution in [-0.4, -0.2) is 23.7 Å². The Bertz CT molecular complexity index is 106. The Morgan fingerprint density at radius 1 is 1.50 bits per heavy atom. The average molecular weight is 148 g/mol. The molecule has 0 amide bonds. The van der Waals surface area contributed by atoms with Crippen LogP contribution in [0.1, 0.15) is 19.3 Å². The second-order valence-corrected chi connectivity index (χ2v) is 2.23. The van der Waals surface area contributed by atoms with Gasteiger partial charge in [0.2, 0.25) is 0 Å². The van der Waals surface area contributed by atoms with Crippen molar-refractivity contribution in [3.63, 3.8) is 0 Å². The molecule has 4 nitrogen and oxygen atoms in total. The number of unbranched alkanes of at least 4 members (excludes halogenated alkanes) is 1. The third-order valence-corrected chi connectivity index (χ3v) is 1.29. The maximum Gasteiger partial charge on any atom is 0.320 e. The molecule has 0 rings (SSSR count). The number of carboxylic acid groups (broad SMARTS) is 1. The lowest BCUT2D eigenvalue weighted by molar-refractivity contribution is -0.138. The fourth-order valence-electron chi connectivity index (χ4n) is 0.632. The molecule has 0 fully saturated rings. The van der Waals surface area contributed by atoms with Crippen molar-refractivity contribution < 1.29 is 9.90 Å². The van der Waals surface area contributed by atoms with Crippen molar-refractivity contribution in [2.24, 2.45) is 11.5 Å². The Labute approximate surface area is 60.2 Å². The minimum absolute atomic E-state index is 0.520. The van der Waals surface area contributed by atoms with E-state index < -0.39 is 12.0 Å². The van der Waals surface area contributed by atoms with Crippen LogP contribution in [0.4, 0.5) is 0 Å². The van der Waals surface area contributed by atoms with Gasteiger partial charge in [-0.1, -0.05) is 6.42 Å². The quantitative estimate of drug-likeness (QED) is 0.279. The monoisotopic (exact) mass is 148 g/mol. The number of carbonyl (C=O) groups is 1. The molecule has 4 heteroatoms. The maximum atomic E-state index is 10.1. The first-order valence-electron chi connectivity index (χ1n) is 3.37. The van der Waals surface area contributed by atoms with Crippen molar-refractivity contribution in [1.82, 2.24) is 0 Å². The number of carboxylic acids is 1. The fourth-order valence-corrected chi connectivity index (χ4v) is 0.632. The standard InChI is InChI=1S/C6H14N2O2/c7-4-2-1-3-5(8)6(9)10/h5H,1-4,7-8H2,(H,9,10)/t5-/m0/s1/i4+1,7+1. The Kier molecular flexibility index (Phi) is 4.88. The molecule has 0 bridgehead atoms. The fraction of sp³-hybridized carbons (Fsp3) is 0.833. The predicted molar refractivity (Wildman–Crippen MR) is 38.5 cm³/mol. The zero-order valence-electron chi connectivity index (χ0n) is 5.92. The van der Waals surface area contributed by atoms with Gasteiger partial charge in [0, 0.05) is 0 Å². The molecule has 0 spiro atoms. The molecule has 5 N–H and O–H groups in total. The lowest BCUT2D eigenvalue weighted by atomic mass is 10.1. The van der Waals surface area contributed by atoms with Crippen LogP contribution in [0.15, 0.2) is 0 Å². The second kappa shape index (κ2) is 5.20. The van der Waals surface area contributed by atoms with E-state index in [1.54, 1.807) is 0 Å². The molecule has 60 valence electrons. The Hall–Kier alpha value is -0.610. The molecule has 0 aliphatic carbocycles. The molecule has 0 heterocycles. The lowest BCUT2D eigenvalue weighted by Crippen LogP contribution is -2.29. The largest absolute Gasteiger partial charge is 0.480 e. The first-order valence-corrected chi connectivity index (χ1v) is 3.37. The third kappa shape index (κ3) is 4.29. The van der Waals surface area contributed by atoms with Crippen LogP contribution in [-0.2, 0) is 4.79 Å². The van der Waals surface area contributed by atoms with E-state index in [9.17, 15) is 4.79 Å². The van der Waals surface area contributed by atoms with Crippen molar-refractivity contribution in [3.05, 3.63) is 0 Å². The average Bonchev–Trinajstić information content (AvgIpc) is 1.88. The summed E-state index contributed by atoms with van der Waals surface area (Å²) in [5.41, 5.74) is 10.4.